The molecule has 5 aromatic carbocycles. The number of hydrogen-bond acceptors (Lipinski definition) is 5. The largest absolute Gasteiger partial charge is 0.507 e. The lowest BCUT2D eigenvalue weighted by molar-refractivity contribution is -0.139. The molecule has 0 amide bonds. The Morgan fingerprint density at radius 2 is 1.32 bits per heavy atom. The fraction of sp³-hybridized carbons (Fsp3) is 0.0606. The molecule has 186 valence electrons. The molecule has 0 unspecified atom stereocenters. The van der Waals surface area contributed by atoms with Crippen LogP contribution < -0.4 is 4.74 Å². The highest BCUT2D eigenvalue weighted by Gasteiger charge is 2.34. The van der Waals surface area contributed by atoms with E-state index >= 15 is 0 Å². The number of phenols is 1. The van der Waals surface area contributed by atoms with E-state index in [1.54, 1.807) is 48.5 Å². The van der Waals surface area contributed by atoms with Gasteiger partial charge in [-0.15, -0.1) is 0 Å². The van der Waals surface area contributed by atoms with Crippen LogP contribution in [0.5, 0.6) is 11.5 Å². The summed E-state index contributed by atoms with van der Waals surface area (Å²) in [6.45, 7) is 0. The number of aliphatic hydroxyl groups is 1. The van der Waals surface area contributed by atoms with Crippen LogP contribution in [-0.4, -0.2) is 16.2 Å². The van der Waals surface area contributed by atoms with Crippen molar-refractivity contribution in [2.24, 2.45) is 0 Å². The number of esters is 1. The molecule has 0 saturated heterocycles. The number of phenolic OH excluding ortho intramolecular Hbond substituents is 1. The van der Waals surface area contributed by atoms with Crippen LogP contribution in [0.2, 0.25) is 0 Å². The van der Waals surface area contributed by atoms with Crippen molar-refractivity contribution < 1.29 is 24.2 Å². The van der Waals surface area contributed by atoms with Crippen LogP contribution in [0, 0.1) is 0 Å². The van der Waals surface area contributed by atoms with Crippen molar-refractivity contribution in [1.82, 2.24) is 0 Å². The van der Waals surface area contributed by atoms with Crippen molar-refractivity contribution >= 4 is 27.5 Å². The summed E-state index contributed by atoms with van der Waals surface area (Å²) in [6.07, 6.45) is 0.200. The fourth-order valence-electron chi connectivity index (χ4n) is 5.02. The minimum absolute atomic E-state index is 0.0765. The number of fused-ring (bicyclic) bond motifs is 2. The molecular formula is C33H24O5. The van der Waals surface area contributed by atoms with E-state index in [9.17, 15) is 15.0 Å². The predicted octanol–water partition coefficient (Wildman–Crippen LogP) is 7.38. The molecule has 2 atom stereocenters. The average molecular weight is 501 g/mol. The van der Waals surface area contributed by atoms with Gasteiger partial charge in [0.1, 0.15) is 29.3 Å². The first-order chi connectivity index (χ1) is 18.6. The summed E-state index contributed by atoms with van der Waals surface area (Å²) in [6, 6.07) is 34.9. The summed E-state index contributed by atoms with van der Waals surface area (Å²) >= 11 is 0. The van der Waals surface area contributed by atoms with E-state index in [0.717, 1.165) is 21.5 Å². The van der Waals surface area contributed by atoms with Crippen molar-refractivity contribution in [3.05, 3.63) is 133 Å². The van der Waals surface area contributed by atoms with E-state index in [2.05, 4.69) is 0 Å². The number of furan rings is 1. The molecule has 5 nitrogen and oxygen atoms in total. The summed E-state index contributed by atoms with van der Waals surface area (Å²) in [5.41, 5.74) is 1.77. The highest BCUT2D eigenvalue weighted by Crippen LogP contribution is 2.45. The van der Waals surface area contributed by atoms with Gasteiger partial charge in [0, 0.05) is 11.1 Å². The highest BCUT2D eigenvalue weighted by atomic mass is 16.5. The van der Waals surface area contributed by atoms with Crippen molar-refractivity contribution in [3.63, 3.8) is 0 Å². The first-order valence-corrected chi connectivity index (χ1v) is 12.3. The molecule has 0 fully saturated rings. The maximum Gasteiger partial charge on any atom is 0.321 e. The second-order valence-electron chi connectivity index (χ2n) is 9.11. The van der Waals surface area contributed by atoms with Gasteiger partial charge in [-0.05, 0) is 51.4 Å². The van der Waals surface area contributed by atoms with Gasteiger partial charge in [0.2, 0.25) is 0 Å². The number of carbonyl (C=O) groups is 1. The van der Waals surface area contributed by atoms with Gasteiger partial charge in [-0.3, -0.25) is 4.79 Å². The Balaban J connectivity index is 1.52. The fourth-order valence-corrected chi connectivity index (χ4v) is 5.02. The maximum absolute atomic E-state index is 13.8. The molecule has 0 saturated carbocycles. The molecule has 0 radical (unpaired) electrons. The molecule has 38 heavy (non-hydrogen) atoms. The molecule has 6 rings (SSSR count). The van der Waals surface area contributed by atoms with E-state index < -0.39 is 18.0 Å². The number of benzene rings is 5. The van der Waals surface area contributed by atoms with E-state index in [0.29, 0.717) is 16.7 Å². The van der Waals surface area contributed by atoms with Crippen LogP contribution >= 0.6 is 0 Å². The van der Waals surface area contributed by atoms with Gasteiger partial charge in [-0.25, -0.2) is 0 Å². The van der Waals surface area contributed by atoms with E-state index in [1.165, 1.54) is 6.26 Å². The number of hydrogen-bond donors (Lipinski definition) is 2. The second kappa shape index (κ2) is 9.88. The second-order valence-corrected chi connectivity index (χ2v) is 9.11. The Labute approximate surface area is 219 Å². The van der Waals surface area contributed by atoms with Crippen LogP contribution in [-0.2, 0) is 4.79 Å². The van der Waals surface area contributed by atoms with Crippen molar-refractivity contribution in [3.8, 4) is 22.6 Å². The summed E-state index contributed by atoms with van der Waals surface area (Å²) < 4.78 is 11.5. The van der Waals surface area contributed by atoms with E-state index in [-0.39, 0.29) is 17.3 Å². The molecule has 5 heteroatoms. The average Bonchev–Trinajstić information content (AvgIpc) is 3.49. The Hall–Kier alpha value is -4.87. The predicted molar refractivity (Wildman–Crippen MR) is 147 cm³/mol. The molecule has 1 heterocycles. The van der Waals surface area contributed by atoms with Crippen molar-refractivity contribution in [2.45, 2.75) is 12.0 Å². The molecule has 1 aromatic heterocycles. The summed E-state index contributed by atoms with van der Waals surface area (Å²) in [7, 11) is 0. The number of aliphatic hydroxyl groups excluding tert-OH is 1. The minimum atomic E-state index is -1.25. The molecule has 0 aliphatic rings. The molecule has 2 N–H and O–H groups in total. The standard InChI is InChI=1S/C33H24O5/c34-26-18-16-21-9-4-6-13-24(21)30(26)31-25-14-7-5-10-22(25)17-19-27(31)38-33(36)29(23-11-2-1-3-12-23)32(35)28-15-8-20-37-28/h1-20,29,32,34-35H/t29-,32+/m0/s1. The van der Waals surface area contributed by atoms with Gasteiger partial charge in [-0.1, -0.05) is 91.0 Å². The number of ether oxygens (including phenoxy) is 1. The summed E-state index contributed by atoms with van der Waals surface area (Å²) in [5.74, 6) is -1.05. The number of rotatable bonds is 6. The third-order valence-corrected chi connectivity index (χ3v) is 6.82. The van der Waals surface area contributed by atoms with Crippen LogP contribution in [0.1, 0.15) is 23.3 Å². The molecule has 6 aromatic rings. The summed E-state index contributed by atoms with van der Waals surface area (Å²) in [5, 5.41) is 25.8. The van der Waals surface area contributed by atoms with E-state index in [1.807, 2.05) is 66.7 Å². The van der Waals surface area contributed by atoms with Gasteiger partial charge in [0.15, 0.2) is 0 Å². The Morgan fingerprint density at radius 3 is 2.00 bits per heavy atom. The zero-order valence-electron chi connectivity index (χ0n) is 20.3. The van der Waals surface area contributed by atoms with Crippen molar-refractivity contribution in [1.29, 1.82) is 0 Å². The maximum atomic E-state index is 13.8. The third kappa shape index (κ3) is 4.19. The van der Waals surface area contributed by atoms with Crippen LogP contribution in [0.25, 0.3) is 32.7 Å². The molecular weight excluding hydrogens is 476 g/mol. The molecule has 0 aliphatic carbocycles. The lowest BCUT2D eigenvalue weighted by atomic mass is 9.91. The van der Waals surface area contributed by atoms with Gasteiger partial charge in [0.25, 0.3) is 0 Å². The zero-order valence-corrected chi connectivity index (χ0v) is 20.3. The number of carbonyl (C=O) groups excluding carboxylic acids is 1. The van der Waals surface area contributed by atoms with Crippen LogP contribution in [0.15, 0.2) is 126 Å². The van der Waals surface area contributed by atoms with Crippen LogP contribution in [0.4, 0.5) is 0 Å². The van der Waals surface area contributed by atoms with Gasteiger partial charge in [-0.2, -0.15) is 0 Å². The number of aromatic hydroxyl groups is 1. The highest BCUT2D eigenvalue weighted by molar-refractivity contribution is 6.10. The molecule has 0 bridgehead atoms. The monoisotopic (exact) mass is 500 g/mol. The van der Waals surface area contributed by atoms with Crippen LogP contribution in [0.3, 0.4) is 0 Å². The minimum Gasteiger partial charge on any atom is -0.507 e. The van der Waals surface area contributed by atoms with Gasteiger partial charge < -0.3 is 19.4 Å². The third-order valence-electron chi connectivity index (χ3n) is 6.82. The molecule has 0 spiro atoms. The zero-order chi connectivity index (χ0) is 26.1. The smallest absolute Gasteiger partial charge is 0.321 e. The Morgan fingerprint density at radius 1 is 0.684 bits per heavy atom. The lowest BCUT2D eigenvalue weighted by Gasteiger charge is -2.22. The summed E-state index contributed by atoms with van der Waals surface area (Å²) in [4.78, 5) is 13.8. The quantitative estimate of drug-likeness (QED) is 0.184. The van der Waals surface area contributed by atoms with Gasteiger partial charge >= 0.3 is 5.97 Å². The molecule has 0 aliphatic heterocycles. The Bertz CT molecular complexity index is 1740. The lowest BCUT2D eigenvalue weighted by Crippen LogP contribution is -2.25. The first-order valence-electron chi connectivity index (χ1n) is 12.3. The van der Waals surface area contributed by atoms with Gasteiger partial charge in [0.05, 0.1) is 6.26 Å². The van der Waals surface area contributed by atoms with Crippen molar-refractivity contribution in [2.75, 3.05) is 0 Å². The SMILES string of the molecule is O=C(Oc1ccc2ccccc2c1-c1c(O)ccc2ccccc12)[C@@H](c1ccccc1)[C@H](O)c1ccco1. The van der Waals surface area contributed by atoms with E-state index in [4.69, 9.17) is 9.15 Å². The topological polar surface area (TPSA) is 79.9 Å². The first kappa shape index (κ1) is 23.5. The normalized spacial score (nSPS) is 12.9. The Kier molecular flexibility index (Phi) is 6.12.